The van der Waals surface area contributed by atoms with Gasteiger partial charge in [0.1, 0.15) is 12.4 Å². The zero-order valence-electron chi connectivity index (χ0n) is 12.1. The van der Waals surface area contributed by atoms with Gasteiger partial charge in [0.2, 0.25) is 0 Å². The monoisotopic (exact) mass is 264 g/mol. The molecule has 2 aromatic rings. The Morgan fingerprint density at radius 3 is 2.70 bits per heavy atom. The topological polar surface area (TPSA) is 9.23 Å². The molecule has 0 aromatic heterocycles. The van der Waals surface area contributed by atoms with Gasteiger partial charge in [-0.25, -0.2) is 0 Å². The number of allylic oxidation sites excluding steroid dienone is 1. The van der Waals surface area contributed by atoms with E-state index in [9.17, 15) is 0 Å². The summed E-state index contributed by atoms with van der Waals surface area (Å²) in [6.07, 6.45) is 4.16. The third kappa shape index (κ3) is 4.13. The van der Waals surface area contributed by atoms with Gasteiger partial charge in [0, 0.05) is 0 Å². The Morgan fingerprint density at radius 1 is 1.15 bits per heavy atom. The van der Waals surface area contributed by atoms with Crippen LogP contribution in [-0.2, 0) is 0 Å². The Morgan fingerprint density at radius 2 is 1.95 bits per heavy atom. The van der Waals surface area contributed by atoms with Gasteiger partial charge in [0.05, 0.1) is 0 Å². The minimum atomic E-state index is 0.596. The van der Waals surface area contributed by atoms with Crippen LogP contribution in [0.15, 0.2) is 60.2 Å². The fraction of sp³-hybridized carbons (Fsp3) is 0.158. The van der Waals surface area contributed by atoms with E-state index in [0.717, 1.165) is 16.2 Å². The van der Waals surface area contributed by atoms with Crippen molar-refractivity contribution in [1.82, 2.24) is 0 Å². The first kappa shape index (κ1) is 14.1. The highest BCUT2D eigenvalue weighted by molar-refractivity contribution is 5.40. The maximum Gasteiger partial charge on any atom is 0.120 e. The minimum absolute atomic E-state index is 0.596. The molecule has 0 aliphatic heterocycles. The number of ether oxygens (including phenoxy) is 1. The van der Waals surface area contributed by atoms with E-state index in [1.807, 2.05) is 36.4 Å². The summed E-state index contributed by atoms with van der Waals surface area (Å²) < 4.78 is 5.76. The summed E-state index contributed by atoms with van der Waals surface area (Å²) in [7, 11) is 0. The molecule has 102 valence electrons. The van der Waals surface area contributed by atoms with Crippen LogP contribution in [0.3, 0.4) is 0 Å². The van der Waals surface area contributed by atoms with Crippen LogP contribution in [0.1, 0.15) is 12.5 Å². The molecule has 0 fully saturated rings. The standard InChI is InChI=1S/C19H20O/c1-15-7-6-10-19(13-15)20-14-16(2)11-12-18-9-5-4-8-17(18)3/h4-13H,3,14H2,1-2H3/b16-11+,18-12-. The van der Waals surface area contributed by atoms with Crippen LogP contribution in [0, 0.1) is 6.92 Å². The van der Waals surface area contributed by atoms with Crippen molar-refractivity contribution in [2.75, 3.05) is 6.61 Å². The van der Waals surface area contributed by atoms with Gasteiger partial charge in [-0.15, -0.1) is 0 Å². The highest BCUT2D eigenvalue weighted by atomic mass is 16.5. The number of aryl methyl sites for hydroxylation is 1. The predicted molar refractivity (Wildman–Crippen MR) is 86.1 cm³/mol. The molecule has 0 atom stereocenters. The average molecular weight is 264 g/mol. The molecule has 0 spiro atoms. The smallest absolute Gasteiger partial charge is 0.120 e. The summed E-state index contributed by atoms with van der Waals surface area (Å²) in [5, 5.41) is 2.18. The Balaban J connectivity index is 2.04. The lowest BCUT2D eigenvalue weighted by molar-refractivity contribution is 0.352. The zero-order chi connectivity index (χ0) is 14.4. The third-order valence-corrected chi connectivity index (χ3v) is 3.06. The lowest BCUT2D eigenvalue weighted by atomic mass is 10.2. The van der Waals surface area contributed by atoms with Gasteiger partial charge >= 0.3 is 0 Å². The van der Waals surface area contributed by atoms with E-state index in [1.54, 1.807) is 0 Å². The molecular weight excluding hydrogens is 244 g/mol. The zero-order valence-corrected chi connectivity index (χ0v) is 12.1. The van der Waals surface area contributed by atoms with Crippen molar-refractivity contribution >= 4 is 12.7 Å². The van der Waals surface area contributed by atoms with Crippen molar-refractivity contribution in [2.24, 2.45) is 0 Å². The molecule has 0 saturated carbocycles. The first-order chi connectivity index (χ1) is 9.65. The molecule has 0 aliphatic carbocycles. The van der Waals surface area contributed by atoms with E-state index in [2.05, 4.69) is 44.7 Å². The molecule has 0 unspecified atom stereocenters. The predicted octanol–water partition coefficient (Wildman–Crippen LogP) is 3.21. The maximum atomic E-state index is 5.76. The SMILES string of the molecule is C=c1cccc/c1=C/C=C(\C)COc1cccc(C)c1. The van der Waals surface area contributed by atoms with Crippen molar-refractivity contribution < 1.29 is 4.74 Å². The normalized spacial score (nSPS) is 12.5. The molecule has 20 heavy (non-hydrogen) atoms. The Bertz CT molecular complexity index is 711. The summed E-state index contributed by atoms with van der Waals surface area (Å²) >= 11 is 0. The summed E-state index contributed by atoms with van der Waals surface area (Å²) in [5.41, 5.74) is 2.39. The van der Waals surface area contributed by atoms with Gasteiger partial charge in [-0.05, 0) is 47.6 Å². The van der Waals surface area contributed by atoms with Crippen molar-refractivity contribution in [3.8, 4) is 5.75 Å². The summed E-state index contributed by atoms with van der Waals surface area (Å²) in [4.78, 5) is 0. The molecule has 0 N–H and O–H groups in total. The van der Waals surface area contributed by atoms with E-state index in [-0.39, 0.29) is 0 Å². The van der Waals surface area contributed by atoms with Crippen LogP contribution in [0.5, 0.6) is 5.75 Å². The van der Waals surface area contributed by atoms with Crippen LogP contribution in [0.2, 0.25) is 0 Å². The summed E-state index contributed by atoms with van der Waals surface area (Å²) in [6.45, 7) is 8.74. The van der Waals surface area contributed by atoms with E-state index >= 15 is 0 Å². The van der Waals surface area contributed by atoms with E-state index in [4.69, 9.17) is 4.74 Å². The highest BCUT2D eigenvalue weighted by Crippen LogP contribution is 2.13. The Kier molecular flexibility index (Phi) is 4.78. The van der Waals surface area contributed by atoms with E-state index in [0.29, 0.717) is 6.61 Å². The first-order valence-electron chi connectivity index (χ1n) is 6.76. The first-order valence-corrected chi connectivity index (χ1v) is 6.76. The van der Waals surface area contributed by atoms with Crippen molar-refractivity contribution in [1.29, 1.82) is 0 Å². The van der Waals surface area contributed by atoms with Crippen LogP contribution in [0.4, 0.5) is 0 Å². The van der Waals surface area contributed by atoms with Gasteiger partial charge in [-0.3, -0.25) is 0 Å². The second-order valence-corrected chi connectivity index (χ2v) is 4.98. The molecule has 2 rings (SSSR count). The van der Waals surface area contributed by atoms with Crippen LogP contribution in [-0.4, -0.2) is 6.61 Å². The summed E-state index contributed by atoms with van der Waals surface area (Å²) in [5.74, 6) is 0.912. The highest BCUT2D eigenvalue weighted by Gasteiger charge is 1.94. The lowest BCUT2D eigenvalue weighted by Gasteiger charge is -2.06. The fourth-order valence-electron chi connectivity index (χ4n) is 1.88. The van der Waals surface area contributed by atoms with Crippen molar-refractivity contribution in [3.63, 3.8) is 0 Å². The summed E-state index contributed by atoms with van der Waals surface area (Å²) in [6, 6.07) is 16.2. The number of rotatable bonds is 4. The van der Waals surface area contributed by atoms with Crippen LogP contribution in [0.25, 0.3) is 12.7 Å². The third-order valence-electron chi connectivity index (χ3n) is 3.06. The largest absolute Gasteiger partial charge is 0.489 e. The maximum absolute atomic E-state index is 5.76. The van der Waals surface area contributed by atoms with Crippen LogP contribution >= 0.6 is 0 Å². The minimum Gasteiger partial charge on any atom is -0.489 e. The van der Waals surface area contributed by atoms with E-state index < -0.39 is 0 Å². The van der Waals surface area contributed by atoms with Gasteiger partial charge in [-0.2, -0.15) is 0 Å². The van der Waals surface area contributed by atoms with Gasteiger partial charge in [0.15, 0.2) is 0 Å². The van der Waals surface area contributed by atoms with Gasteiger partial charge in [-0.1, -0.05) is 55.1 Å². The number of benzene rings is 2. The molecule has 0 heterocycles. The lowest BCUT2D eigenvalue weighted by Crippen LogP contribution is -2.21. The van der Waals surface area contributed by atoms with E-state index in [1.165, 1.54) is 11.1 Å². The second kappa shape index (κ2) is 6.76. The molecule has 0 aliphatic rings. The van der Waals surface area contributed by atoms with Crippen molar-refractivity contribution in [3.05, 3.63) is 76.2 Å². The number of hydrogen-bond acceptors (Lipinski definition) is 1. The molecule has 0 saturated heterocycles. The van der Waals surface area contributed by atoms with Gasteiger partial charge in [0.25, 0.3) is 0 Å². The second-order valence-electron chi connectivity index (χ2n) is 4.98. The molecule has 0 amide bonds. The molecule has 1 heteroatoms. The quantitative estimate of drug-likeness (QED) is 0.824. The molecule has 0 radical (unpaired) electrons. The molecule has 2 aromatic carbocycles. The van der Waals surface area contributed by atoms with Crippen LogP contribution < -0.4 is 15.2 Å². The molecule has 0 bridgehead atoms. The van der Waals surface area contributed by atoms with Crippen molar-refractivity contribution in [2.45, 2.75) is 13.8 Å². The average Bonchev–Trinajstić information content (AvgIpc) is 2.44. The molecular formula is C19H20O. The number of hydrogen-bond donors (Lipinski definition) is 0. The Hall–Kier alpha value is -2.28. The fourth-order valence-corrected chi connectivity index (χ4v) is 1.88. The Labute approximate surface area is 120 Å². The van der Waals surface area contributed by atoms with Gasteiger partial charge < -0.3 is 4.74 Å². The molecule has 1 nitrogen and oxygen atoms in total.